The maximum atomic E-state index is 12.9. The number of thioether (sulfide) groups is 1. The average Bonchev–Trinajstić information content (AvgIpc) is 2.56. The molecule has 6 heteroatoms. The van der Waals surface area contributed by atoms with Crippen molar-refractivity contribution in [3.8, 4) is 0 Å². The largest absolute Gasteiger partial charge is 0.341 e. The molecule has 1 atom stereocenters. The maximum Gasteiger partial charge on any atom is 0.247 e. The van der Waals surface area contributed by atoms with Crippen molar-refractivity contribution >= 4 is 29.7 Å². The van der Waals surface area contributed by atoms with Gasteiger partial charge in [0.1, 0.15) is 11.9 Å². The van der Waals surface area contributed by atoms with E-state index in [4.69, 9.17) is 0 Å². The minimum absolute atomic E-state index is 0.0479. The molecule has 0 bridgehead atoms. The van der Waals surface area contributed by atoms with Gasteiger partial charge in [-0.25, -0.2) is 4.39 Å². The van der Waals surface area contributed by atoms with E-state index >= 15 is 0 Å². The monoisotopic (exact) mass is 336 g/mol. The second-order valence-electron chi connectivity index (χ2n) is 5.51. The lowest BCUT2D eigenvalue weighted by Crippen LogP contribution is -2.49. The van der Waals surface area contributed by atoms with Crippen LogP contribution < -0.4 is 5.32 Å². The van der Waals surface area contributed by atoms with E-state index in [1.165, 1.54) is 12.1 Å². The van der Waals surface area contributed by atoms with Gasteiger partial charge in [-0.1, -0.05) is 12.1 Å². The Kier molecular flexibility index (Phi) is 6.21. The van der Waals surface area contributed by atoms with Crippen LogP contribution in [0.25, 0.3) is 6.08 Å². The number of rotatable bonds is 4. The van der Waals surface area contributed by atoms with Crippen molar-refractivity contribution < 1.29 is 14.0 Å². The molecule has 0 aliphatic carbocycles. The van der Waals surface area contributed by atoms with E-state index in [1.807, 2.05) is 11.8 Å². The van der Waals surface area contributed by atoms with Gasteiger partial charge in [-0.3, -0.25) is 9.59 Å². The molecule has 1 heterocycles. The zero-order valence-corrected chi connectivity index (χ0v) is 14.2. The summed E-state index contributed by atoms with van der Waals surface area (Å²) >= 11 is 1.83. The highest BCUT2D eigenvalue weighted by Gasteiger charge is 2.23. The summed E-state index contributed by atoms with van der Waals surface area (Å²) in [5.41, 5.74) is 1.22. The summed E-state index contributed by atoms with van der Waals surface area (Å²) in [6, 6.07) is 5.34. The van der Waals surface area contributed by atoms with Crippen LogP contribution in [0.5, 0.6) is 0 Å². The first kappa shape index (κ1) is 17.5. The first-order valence-electron chi connectivity index (χ1n) is 7.58. The molecule has 1 fully saturated rings. The summed E-state index contributed by atoms with van der Waals surface area (Å²) in [6.07, 6.45) is 1.67. The molecule has 2 amide bonds. The lowest BCUT2D eigenvalue weighted by Gasteiger charge is -2.29. The summed E-state index contributed by atoms with van der Waals surface area (Å²) < 4.78 is 12.9. The van der Waals surface area contributed by atoms with Crippen molar-refractivity contribution in [2.75, 3.05) is 24.6 Å². The van der Waals surface area contributed by atoms with Gasteiger partial charge in [0, 0.05) is 30.2 Å². The van der Waals surface area contributed by atoms with Crippen LogP contribution >= 0.6 is 11.8 Å². The first-order valence-corrected chi connectivity index (χ1v) is 8.74. The number of nitrogens with one attached hydrogen (secondary N) is 1. The molecule has 0 radical (unpaired) electrons. The van der Waals surface area contributed by atoms with E-state index in [9.17, 15) is 14.0 Å². The molecule has 0 unspecified atom stereocenters. The Morgan fingerprint density at radius 1 is 1.26 bits per heavy atom. The van der Waals surface area contributed by atoms with Crippen LogP contribution in [0.4, 0.5) is 4.39 Å². The fraction of sp³-hybridized carbons (Fsp3) is 0.412. The Morgan fingerprint density at radius 3 is 2.48 bits per heavy atom. The van der Waals surface area contributed by atoms with Crippen LogP contribution in [0.3, 0.4) is 0 Å². The van der Waals surface area contributed by atoms with Gasteiger partial charge in [-0.05, 0) is 37.6 Å². The molecule has 23 heavy (non-hydrogen) atoms. The Balaban J connectivity index is 1.94. The molecule has 0 saturated carbocycles. The first-order chi connectivity index (χ1) is 11.0. The molecule has 4 nitrogen and oxygen atoms in total. The van der Waals surface area contributed by atoms with Gasteiger partial charge >= 0.3 is 0 Å². The van der Waals surface area contributed by atoms with Gasteiger partial charge in [-0.15, -0.1) is 0 Å². The van der Waals surface area contributed by atoms with Crippen LogP contribution in [0, 0.1) is 5.82 Å². The summed E-state index contributed by atoms with van der Waals surface area (Å²) in [4.78, 5) is 26.3. The minimum Gasteiger partial charge on any atom is -0.341 e. The fourth-order valence-electron chi connectivity index (χ4n) is 2.30. The zero-order chi connectivity index (χ0) is 16.8. The predicted molar refractivity (Wildman–Crippen MR) is 91.6 cm³/mol. The highest BCUT2D eigenvalue weighted by Crippen LogP contribution is 2.11. The van der Waals surface area contributed by atoms with Gasteiger partial charge in [0.05, 0.1) is 0 Å². The fourth-order valence-corrected chi connectivity index (χ4v) is 3.21. The molecule has 0 spiro atoms. The molecule has 1 N–H and O–H groups in total. The molecular weight excluding hydrogens is 315 g/mol. The van der Waals surface area contributed by atoms with Crippen molar-refractivity contribution in [2.45, 2.75) is 19.9 Å². The van der Waals surface area contributed by atoms with E-state index < -0.39 is 6.04 Å². The summed E-state index contributed by atoms with van der Waals surface area (Å²) in [5, 5.41) is 2.73. The van der Waals surface area contributed by atoms with E-state index in [0.717, 1.165) is 30.2 Å². The van der Waals surface area contributed by atoms with Crippen LogP contribution in [0.15, 0.2) is 29.8 Å². The molecule has 0 aromatic heterocycles. The summed E-state index contributed by atoms with van der Waals surface area (Å²) in [6.45, 7) is 4.84. The molecule has 1 aromatic carbocycles. The third-order valence-electron chi connectivity index (χ3n) is 3.65. The second kappa shape index (κ2) is 8.15. The van der Waals surface area contributed by atoms with Crippen molar-refractivity contribution in [3.63, 3.8) is 0 Å². The number of hydrogen-bond acceptors (Lipinski definition) is 3. The minimum atomic E-state index is -0.554. The van der Waals surface area contributed by atoms with Gasteiger partial charge in [-0.2, -0.15) is 11.8 Å². The maximum absolute atomic E-state index is 12.9. The molecule has 1 saturated heterocycles. The number of carbonyl (C=O) groups is 2. The highest BCUT2D eigenvalue weighted by atomic mass is 32.2. The van der Waals surface area contributed by atoms with Crippen LogP contribution in [0.1, 0.15) is 19.4 Å². The van der Waals surface area contributed by atoms with Crippen molar-refractivity contribution in [3.05, 3.63) is 41.2 Å². The third kappa shape index (κ3) is 5.10. The number of benzene rings is 1. The molecule has 1 aliphatic rings. The van der Waals surface area contributed by atoms with E-state index in [2.05, 4.69) is 5.32 Å². The normalized spacial score (nSPS) is 16.8. The molecule has 1 aromatic rings. The predicted octanol–water partition coefficient (Wildman–Crippen LogP) is 2.31. The number of carbonyl (C=O) groups excluding carboxylic acids is 2. The van der Waals surface area contributed by atoms with Gasteiger partial charge in [0.25, 0.3) is 0 Å². The molecule has 124 valence electrons. The Labute approximate surface area is 140 Å². The summed E-state index contributed by atoms with van der Waals surface area (Å²) in [7, 11) is 0. The van der Waals surface area contributed by atoms with Gasteiger partial charge in [0.2, 0.25) is 11.8 Å². The van der Waals surface area contributed by atoms with Crippen molar-refractivity contribution in [1.82, 2.24) is 10.2 Å². The smallest absolute Gasteiger partial charge is 0.247 e. The Morgan fingerprint density at radius 2 is 1.87 bits per heavy atom. The SMILES string of the molecule is C/C(=C\c1ccc(F)cc1)C(=O)N[C@@H](C)C(=O)N1CCSCC1. The topological polar surface area (TPSA) is 49.4 Å². The van der Waals surface area contributed by atoms with Gasteiger partial charge in [0.15, 0.2) is 0 Å². The number of halogens is 1. The second-order valence-corrected chi connectivity index (χ2v) is 6.74. The van der Waals surface area contributed by atoms with Crippen molar-refractivity contribution in [1.29, 1.82) is 0 Å². The lowest BCUT2D eigenvalue weighted by molar-refractivity contribution is -0.134. The zero-order valence-electron chi connectivity index (χ0n) is 13.3. The average molecular weight is 336 g/mol. The van der Waals surface area contributed by atoms with Crippen LogP contribution in [-0.2, 0) is 9.59 Å². The van der Waals surface area contributed by atoms with E-state index in [1.54, 1.807) is 37.0 Å². The van der Waals surface area contributed by atoms with E-state index in [-0.39, 0.29) is 17.6 Å². The highest BCUT2D eigenvalue weighted by molar-refractivity contribution is 7.99. The quantitative estimate of drug-likeness (QED) is 0.859. The molecular formula is C17H21FN2O2S. The number of hydrogen-bond donors (Lipinski definition) is 1. The lowest BCUT2D eigenvalue weighted by atomic mass is 10.1. The Bertz CT molecular complexity index is 595. The van der Waals surface area contributed by atoms with Crippen molar-refractivity contribution in [2.24, 2.45) is 0 Å². The molecule has 2 rings (SSSR count). The Hall–Kier alpha value is -1.82. The standard InChI is InChI=1S/C17H21FN2O2S/c1-12(11-14-3-5-15(18)6-4-14)16(21)19-13(2)17(22)20-7-9-23-10-8-20/h3-6,11,13H,7-10H2,1-2H3,(H,19,21)/b12-11+/t13-/m0/s1. The number of amides is 2. The van der Waals surface area contributed by atoms with Crippen LogP contribution in [0.2, 0.25) is 0 Å². The number of nitrogens with zero attached hydrogens (tertiary/aromatic N) is 1. The van der Waals surface area contributed by atoms with Gasteiger partial charge < -0.3 is 10.2 Å². The third-order valence-corrected chi connectivity index (χ3v) is 4.59. The molecule has 1 aliphatic heterocycles. The van der Waals surface area contributed by atoms with E-state index in [0.29, 0.717) is 5.57 Å². The van der Waals surface area contributed by atoms with Crippen LogP contribution in [-0.4, -0.2) is 47.4 Å². The summed E-state index contributed by atoms with van der Waals surface area (Å²) in [5.74, 6) is 1.23.